The largest absolute Gasteiger partial charge is 0.406 e. The summed E-state index contributed by atoms with van der Waals surface area (Å²) in [6, 6.07) is 1.52. The minimum absolute atomic E-state index is 0.0427. The first-order chi connectivity index (χ1) is 8.87. The molecule has 0 aliphatic carbocycles. The van der Waals surface area contributed by atoms with Gasteiger partial charge in [-0.3, -0.25) is 9.89 Å². The maximum atomic E-state index is 12.4. The molecule has 0 unspecified atom stereocenters. The van der Waals surface area contributed by atoms with Crippen molar-refractivity contribution in [1.29, 1.82) is 0 Å². The van der Waals surface area contributed by atoms with Crippen molar-refractivity contribution < 1.29 is 18.0 Å². The molecule has 1 amide bonds. The number of aryl methyl sites for hydroxylation is 1. The van der Waals surface area contributed by atoms with Crippen molar-refractivity contribution in [2.24, 2.45) is 0 Å². The minimum Gasteiger partial charge on any atom is -0.328 e. The molecule has 0 atom stereocenters. The molecule has 0 saturated carbocycles. The predicted molar refractivity (Wildman–Crippen MR) is 64.8 cm³/mol. The quantitative estimate of drug-likeness (QED) is 0.869. The van der Waals surface area contributed by atoms with Gasteiger partial charge in [-0.05, 0) is 18.9 Å². The number of halogens is 3. The zero-order valence-electron chi connectivity index (χ0n) is 11.0. The Morgan fingerprint density at radius 3 is 2.58 bits per heavy atom. The molecule has 7 heteroatoms. The Hall–Kier alpha value is -1.53. The standard InChI is InChI=1S/C12H18F3N3O/c1-3-5-9-7-10(17-16-9)11(19)18(6-4-2)8-12(13,14)15/h7H,3-6,8H2,1-2H3,(H,16,17). The Kier molecular flexibility index (Phi) is 5.38. The van der Waals surface area contributed by atoms with E-state index in [2.05, 4.69) is 10.2 Å². The molecule has 0 aliphatic heterocycles. The summed E-state index contributed by atoms with van der Waals surface area (Å²) in [5.41, 5.74) is 0.801. The van der Waals surface area contributed by atoms with Crippen molar-refractivity contribution in [3.05, 3.63) is 17.5 Å². The molecule has 0 radical (unpaired) electrons. The van der Waals surface area contributed by atoms with Gasteiger partial charge in [-0.1, -0.05) is 20.3 Å². The van der Waals surface area contributed by atoms with Crippen LogP contribution in [0, 0.1) is 0 Å². The van der Waals surface area contributed by atoms with Gasteiger partial charge in [-0.2, -0.15) is 18.3 Å². The Morgan fingerprint density at radius 2 is 2.05 bits per heavy atom. The third-order valence-corrected chi connectivity index (χ3v) is 2.52. The van der Waals surface area contributed by atoms with Crippen LogP contribution in [0.2, 0.25) is 0 Å². The van der Waals surface area contributed by atoms with E-state index in [9.17, 15) is 18.0 Å². The van der Waals surface area contributed by atoms with Gasteiger partial charge >= 0.3 is 6.18 Å². The van der Waals surface area contributed by atoms with Crippen molar-refractivity contribution in [3.63, 3.8) is 0 Å². The van der Waals surface area contributed by atoms with Crippen molar-refractivity contribution in [2.45, 2.75) is 39.3 Å². The number of alkyl halides is 3. The molecule has 0 aliphatic rings. The van der Waals surface area contributed by atoms with Crippen molar-refractivity contribution >= 4 is 5.91 Å². The van der Waals surface area contributed by atoms with E-state index in [-0.39, 0.29) is 12.2 Å². The van der Waals surface area contributed by atoms with Crippen LogP contribution in [0.15, 0.2) is 6.07 Å². The molecule has 1 rings (SSSR count). The Balaban J connectivity index is 2.79. The van der Waals surface area contributed by atoms with Gasteiger partial charge in [0.05, 0.1) is 0 Å². The number of amides is 1. The lowest BCUT2D eigenvalue weighted by Crippen LogP contribution is -2.39. The minimum atomic E-state index is -4.40. The van der Waals surface area contributed by atoms with E-state index in [1.165, 1.54) is 6.07 Å². The molecule has 19 heavy (non-hydrogen) atoms. The zero-order chi connectivity index (χ0) is 14.5. The van der Waals surface area contributed by atoms with Crippen LogP contribution in [0.25, 0.3) is 0 Å². The van der Waals surface area contributed by atoms with Gasteiger partial charge in [0.1, 0.15) is 12.2 Å². The smallest absolute Gasteiger partial charge is 0.328 e. The van der Waals surface area contributed by atoms with Gasteiger partial charge in [0.25, 0.3) is 5.91 Å². The molecule has 0 spiro atoms. The molecule has 0 bridgehead atoms. The van der Waals surface area contributed by atoms with Crippen molar-refractivity contribution in [3.8, 4) is 0 Å². The molecule has 1 aromatic heterocycles. The van der Waals surface area contributed by atoms with Crippen LogP contribution in [0.1, 0.15) is 42.9 Å². The molecular weight excluding hydrogens is 259 g/mol. The van der Waals surface area contributed by atoms with E-state index in [4.69, 9.17) is 0 Å². The van der Waals surface area contributed by atoms with E-state index in [0.717, 1.165) is 17.0 Å². The number of carbonyl (C=O) groups is 1. The van der Waals surface area contributed by atoms with Crippen LogP contribution < -0.4 is 0 Å². The highest BCUT2D eigenvalue weighted by molar-refractivity contribution is 5.92. The first kappa shape index (κ1) is 15.5. The number of nitrogens with one attached hydrogen (secondary N) is 1. The summed E-state index contributed by atoms with van der Waals surface area (Å²) in [6.07, 6.45) is -2.34. The second-order valence-electron chi connectivity index (χ2n) is 4.37. The Labute approximate surface area is 110 Å². The average Bonchev–Trinajstić information content (AvgIpc) is 2.75. The number of aromatic nitrogens is 2. The number of hydrogen-bond acceptors (Lipinski definition) is 2. The van der Waals surface area contributed by atoms with E-state index in [1.807, 2.05) is 6.92 Å². The van der Waals surface area contributed by atoms with Gasteiger partial charge in [-0.15, -0.1) is 0 Å². The SMILES string of the molecule is CCCc1cc(C(=O)N(CCC)CC(F)(F)F)n[nH]1. The van der Waals surface area contributed by atoms with Crippen LogP contribution in [0.5, 0.6) is 0 Å². The summed E-state index contributed by atoms with van der Waals surface area (Å²) in [6.45, 7) is 2.52. The Morgan fingerprint density at radius 1 is 1.37 bits per heavy atom. The lowest BCUT2D eigenvalue weighted by Gasteiger charge is -2.22. The second kappa shape index (κ2) is 6.58. The summed E-state index contributed by atoms with van der Waals surface area (Å²) in [7, 11) is 0. The number of H-pyrrole nitrogens is 1. The first-order valence-electron chi connectivity index (χ1n) is 6.27. The highest BCUT2D eigenvalue weighted by Crippen LogP contribution is 2.18. The summed E-state index contributed by atoms with van der Waals surface area (Å²) in [4.78, 5) is 12.8. The molecule has 4 nitrogen and oxygen atoms in total. The van der Waals surface area contributed by atoms with E-state index < -0.39 is 18.6 Å². The van der Waals surface area contributed by atoms with Gasteiger partial charge in [0, 0.05) is 12.2 Å². The first-order valence-corrected chi connectivity index (χ1v) is 6.27. The van der Waals surface area contributed by atoms with Gasteiger partial charge in [0.15, 0.2) is 0 Å². The third-order valence-electron chi connectivity index (χ3n) is 2.52. The molecule has 0 fully saturated rings. The summed E-state index contributed by atoms with van der Waals surface area (Å²) < 4.78 is 37.2. The molecular formula is C12H18F3N3O. The van der Waals surface area contributed by atoms with Crippen LogP contribution in [-0.4, -0.2) is 40.3 Å². The number of hydrogen-bond donors (Lipinski definition) is 1. The monoisotopic (exact) mass is 277 g/mol. The van der Waals surface area contributed by atoms with Gasteiger partial charge in [0.2, 0.25) is 0 Å². The normalized spacial score (nSPS) is 11.6. The van der Waals surface area contributed by atoms with E-state index in [1.54, 1.807) is 6.92 Å². The molecule has 0 aromatic carbocycles. The van der Waals surface area contributed by atoms with Crippen LogP contribution >= 0.6 is 0 Å². The fourth-order valence-electron chi connectivity index (χ4n) is 1.77. The summed E-state index contributed by atoms with van der Waals surface area (Å²) >= 11 is 0. The number of nitrogens with zero attached hydrogens (tertiary/aromatic N) is 2. The maximum Gasteiger partial charge on any atom is 0.406 e. The van der Waals surface area contributed by atoms with Crippen LogP contribution in [0.4, 0.5) is 13.2 Å². The molecule has 0 saturated heterocycles. The average molecular weight is 277 g/mol. The number of aromatic amines is 1. The molecule has 1 aromatic rings. The van der Waals surface area contributed by atoms with E-state index >= 15 is 0 Å². The maximum absolute atomic E-state index is 12.4. The summed E-state index contributed by atoms with van der Waals surface area (Å²) in [5.74, 6) is -0.683. The fraction of sp³-hybridized carbons (Fsp3) is 0.667. The van der Waals surface area contributed by atoms with E-state index in [0.29, 0.717) is 12.8 Å². The second-order valence-corrected chi connectivity index (χ2v) is 4.37. The Bertz CT molecular complexity index is 415. The highest BCUT2D eigenvalue weighted by atomic mass is 19.4. The van der Waals surface area contributed by atoms with Crippen LogP contribution in [-0.2, 0) is 6.42 Å². The fourth-order valence-corrected chi connectivity index (χ4v) is 1.77. The van der Waals surface area contributed by atoms with Crippen molar-refractivity contribution in [1.82, 2.24) is 15.1 Å². The number of rotatable bonds is 6. The summed E-state index contributed by atoms with van der Waals surface area (Å²) in [5, 5.41) is 6.45. The highest BCUT2D eigenvalue weighted by Gasteiger charge is 2.33. The number of carbonyl (C=O) groups excluding carboxylic acids is 1. The van der Waals surface area contributed by atoms with Gasteiger partial charge < -0.3 is 4.90 Å². The zero-order valence-corrected chi connectivity index (χ0v) is 11.0. The molecule has 1 N–H and O–H groups in total. The van der Waals surface area contributed by atoms with Gasteiger partial charge in [-0.25, -0.2) is 0 Å². The topological polar surface area (TPSA) is 49.0 Å². The molecule has 1 heterocycles. The predicted octanol–water partition coefficient (Wildman–Crippen LogP) is 2.78. The van der Waals surface area contributed by atoms with Crippen LogP contribution in [0.3, 0.4) is 0 Å². The lowest BCUT2D eigenvalue weighted by atomic mass is 10.2. The third kappa shape index (κ3) is 4.92. The molecule has 108 valence electrons. The van der Waals surface area contributed by atoms with Crippen molar-refractivity contribution in [2.75, 3.05) is 13.1 Å². The lowest BCUT2D eigenvalue weighted by molar-refractivity contribution is -0.140.